The summed E-state index contributed by atoms with van der Waals surface area (Å²) in [5.74, 6) is 0. The normalized spacial score (nSPS) is 22.1. The van der Waals surface area contributed by atoms with Crippen LogP contribution in [0.25, 0.3) is 0 Å². The fourth-order valence-corrected chi connectivity index (χ4v) is 2.15. The molecule has 1 rings (SSSR count). The molecule has 3 nitrogen and oxygen atoms in total. The zero-order chi connectivity index (χ0) is 10.1. The molecule has 1 aliphatic heterocycles. The van der Waals surface area contributed by atoms with Gasteiger partial charge in [0.1, 0.15) is 0 Å². The molecule has 0 saturated heterocycles. The summed E-state index contributed by atoms with van der Waals surface area (Å²) < 4.78 is 0. The lowest BCUT2D eigenvalue weighted by molar-refractivity contribution is 0.535. The van der Waals surface area contributed by atoms with Gasteiger partial charge in [0, 0.05) is 19.2 Å². The van der Waals surface area contributed by atoms with Gasteiger partial charge in [-0.3, -0.25) is 4.99 Å². The van der Waals surface area contributed by atoms with Gasteiger partial charge in [0.25, 0.3) is 0 Å². The Hall–Kier alpha value is -0.510. The van der Waals surface area contributed by atoms with Crippen molar-refractivity contribution in [2.45, 2.75) is 32.7 Å². The minimum Gasteiger partial charge on any atom is -0.255 e. The Morgan fingerprint density at radius 3 is 2.62 bits per heavy atom. The molecular weight excluding hydrogens is 182 g/mol. The summed E-state index contributed by atoms with van der Waals surface area (Å²) in [6, 6.07) is 0. The van der Waals surface area contributed by atoms with Crippen LogP contribution in [-0.4, -0.2) is 34.7 Å². The molecule has 0 aromatic rings. The van der Waals surface area contributed by atoms with Gasteiger partial charge < -0.3 is 0 Å². The minimum absolute atomic E-state index is 0.0172. The van der Waals surface area contributed by atoms with E-state index in [9.17, 15) is 0 Å². The number of hydrogen-bond acceptors (Lipinski definition) is 4. The predicted molar refractivity (Wildman–Crippen MR) is 60.5 cm³/mol. The Kier molecular flexibility index (Phi) is 3.01. The standard InChI is InChI=1S/C9H17N3S/c1-7-6-9(2,3)10-8(13-5)12(4)11-7/h6H2,1-5H3. The SMILES string of the molecule is CSC1=NC(C)(C)CC(C)=NN1C. The molecule has 13 heavy (non-hydrogen) atoms. The van der Waals surface area contributed by atoms with Gasteiger partial charge in [-0.25, -0.2) is 5.01 Å². The van der Waals surface area contributed by atoms with Crippen LogP contribution >= 0.6 is 11.8 Å². The lowest BCUT2D eigenvalue weighted by Gasteiger charge is -2.18. The van der Waals surface area contributed by atoms with Crippen molar-refractivity contribution in [3.63, 3.8) is 0 Å². The first kappa shape index (κ1) is 10.6. The Labute approximate surface area is 84.3 Å². The Balaban J connectivity index is 3.00. The quantitative estimate of drug-likeness (QED) is 0.598. The lowest BCUT2D eigenvalue weighted by atomic mass is 9.99. The van der Waals surface area contributed by atoms with E-state index in [4.69, 9.17) is 0 Å². The highest BCUT2D eigenvalue weighted by Gasteiger charge is 2.23. The maximum atomic E-state index is 4.65. The average Bonchev–Trinajstić information content (AvgIpc) is 2.06. The third-order valence-corrected chi connectivity index (χ3v) is 2.59. The predicted octanol–water partition coefficient (Wildman–Crippen LogP) is 2.20. The molecule has 0 aromatic carbocycles. The summed E-state index contributed by atoms with van der Waals surface area (Å²) in [6.45, 7) is 6.33. The summed E-state index contributed by atoms with van der Waals surface area (Å²) >= 11 is 1.64. The van der Waals surface area contributed by atoms with Crippen molar-refractivity contribution in [3.05, 3.63) is 0 Å². The van der Waals surface area contributed by atoms with Crippen LogP contribution in [0.2, 0.25) is 0 Å². The Morgan fingerprint density at radius 1 is 1.46 bits per heavy atom. The summed E-state index contributed by atoms with van der Waals surface area (Å²) in [5, 5.41) is 7.27. The van der Waals surface area contributed by atoms with Crippen LogP contribution in [-0.2, 0) is 0 Å². The van der Waals surface area contributed by atoms with Crippen molar-refractivity contribution in [3.8, 4) is 0 Å². The number of hydrogen-bond donors (Lipinski definition) is 0. The Morgan fingerprint density at radius 2 is 2.08 bits per heavy atom. The molecule has 0 fully saturated rings. The molecule has 74 valence electrons. The summed E-state index contributed by atoms with van der Waals surface area (Å²) in [4.78, 5) is 4.65. The summed E-state index contributed by atoms with van der Waals surface area (Å²) in [5.41, 5.74) is 1.12. The third-order valence-electron chi connectivity index (χ3n) is 1.87. The molecule has 0 amide bonds. The highest BCUT2D eigenvalue weighted by atomic mass is 32.2. The molecule has 0 saturated carbocycles. The smallest absolute Gasteiger partial charge is 0.179 e. The number of hydrazone groups is 1. The van der Waals surface area contributed by atoms with Gasteiger partial charge in [-0.2, -0.15) is 5.10 Å². The van der Waals surface area contributed by atoms with Gasteiger partial charge in [0.15, 0.2) is 5.17 Å². The van der Waals surface area contributed by atoms with Gasteiger partial charge in [0.2, 0.25) is 0 Å². The van der Waals surface area contributed by atoms with E-state index in [2.05, 4.69) is 30.9 Å². The van der Waals surface area contributed by atoms with E-state index in [0.29, 0.717) is 0 Å². The second-order valence-electron chi connectivity index (χ2n) is 3.95. The number of rotatable bonds is 0. The van der Waals surface area contributed by atoms with Crippen molar-refractivity contribution >= 4 is 22.6 Å². The average molecular weight is 199 g/mol. The van der Waals surface area contributed by atoms with E-state index in [-0.39, 0.29) is 5.54 Å². The van der Waals surface area contributed by atoms with Gasteiger partial charge in [-0.1, -0.05) is 11.8 Å². The van der Waals surface area contributed by atoms with E-state index in [1.54, 1.807) is 11.8 Å². The van der Waals surface area contributed by atoms with Crippen molar-refractivity contribution in [2.24, 2.45) is 10.1 Å². The van der Waals surface area contributed by atoms with E-state index in [1.165, 1.54) is 0 Å². The first-order valence-electron chi connectivity index (χ1n) is 4.36. The highest BCUT2D eigenvalue weighted by Crippen LogP contribution is 2.22. The third kappa shape index (κ3) is 2.72. The molecule has 0 spiro atoms. The topological polar surface area (TPSA) is 28.0 Å². The zero-order valence-electron chi connectivity index (χ0n) is 8.96. The van der Waals surface area contributed by atoms with Crippen molar-refractivity contribution < 1.29 is 0 Å². The second kappa shape index (κ2) is 3.70. The molecule has 0 aliphatic carbocycles. The van der Waals surface area contributed by atoms with Gasteiger partial charge in [-0.15, -0.1) is 0 Å². The van der Waals surface area contributed by atoms with Crippen LogP contribution < -0.4 is 0 Å². The minimum atomic E-state index is -0.0172. The van der Waals surface area contributed by atoms with Crippen LogP contribution in [0, 0.1) is 0 Å². The van der Waals surface area contributed by atoms with Crippen LogP contribution in [0.15, 0.2) is 10.1 Å². The lowest BCUT2D eigenvalue weighted by Crippen LogP contribution is -2.22. The monoisotopic (exact) mass is 199 g/mol. The van der Waals surface area contributed by atoms with Crippen molar-refractivity contribution in [1.29, 1.82) is 0 Å². The molecule has 4 heteroatoms. The molecule has 0 aromatic heterocycles. The summed E-state index contributed by atoms with van der Waals surface area (Å²) in [6.07, 6.45) is 2.96. The molecule has 0 N–H and O–H groups in total. The van der Waals surface area contributed by atoms with Crippen LogP contribution in [0.3, 0.4) is 0 Å². The van der Waals surface area contributed by atoms with Crippen molar-refractivity contribution in [1.82, 2.24) is 5.01 Å². The number of amidine groups is 1. The number of thioether (sulfide) groups is 1. The molecule has 0 bridgehead atoms. The first-order chi connectivity index (χ1) is 5.94. The van der Waals surface area contributed by atoms with Crippen LogP contribution in [0.5, 0.6) is 0 Å². The first-order valence-corrected chi connectivity index (χ1v) is 5.59. The van der Waals surface area contributed by atoms with E-state index >= 15 is 0 Å². The molecule has 0 unspecified atom stereocenters. The van der Waals surface area contributed by atoms with Crippen LogP contribution in [0.1, 0.15) is 27.2 Å². The molecule has 1 aliphatic rings. The van der Waals surface area contributed by atoms with E-state index in [1.807, 2.05) is 18.3 Å². The molecule has 0 radical (unpaired) electrons. The van der Waals surface area contributed by atoms with Gasteiger partial charge in [0.05, 0.1) is 5.54 Å². The van der Waals surface area contributed by atoms with E-state index < -0.39 is 0 Å². The molecule has 0 atom stereocenters. The molecule has 1 heterocycles. The maximum absolute atomic E-state index is 4.65. The fourth-order valence-electron chi connectivity index (χ4n) is 1.51. The summed E-state index contributed by atoms with van der Waals surface area (Å²) in [7, 11) is 1.94. The van der Waals surface area contributed by atoms with Crippen LogP contribution in [0.4, 0.5) is 0 Å². The van der Waals surface area contributed by atoms with Gasteiger partial charge in [-0.05, 0) is 27.0 Å². The maximum Gasteiger partial charge on any atom is 0.179 e. The fraction of sp³-hybridized carbons (Fsp3) is 0.778. The van der Waals surface area contributed by atoms with Crippen molar-refractivity contribution in [2.75, 3.05) is 13.3 Å². The zero-order valence-corrected chi connectivity index (χ0v) is 9.77. The highest BCUT2D eigenvalue weighted by molar-refractivity contribution is 8.13. The second-order valence-corrected chi connectivity index (χ2v) is 4.72. The van der Waals surface area contributed by atoms with Gasteiger partial charge >= 0.3 is 0 Å². The largest absolute Gasteiger partial charge is 0.255 e. The Bertz CT molecular complexity index is 256. The number of nitrogens with zero attached hydrogens (tertiary/aromatic N) is 3. The molecular formula is C9H17N3S. The van der Waals surface area contributed by atoms with E-state index in [0.717, 1.165) is 17.3 Å². The number of aliphatic imine (C=N–C) groups is 1.